The summed E-state index contributed by atoms with van der Waals surface area (Å²) in [6.45, 7) is 3.61. The van der Waals surface area contributed by atoms with E-state index in [2.05, 4.69) is 15.9 Å². The van der Waals surface area contributed by atoms with Gasteiger partial charge in [0.15, 0.2) is 0 Å². The van der Waals surface area contributed by atoms with Crippen molar-refractivity contribution in [2.24, 2.45) is 5.73 Å². The molecule has 0 bridgehead atoms. The van der Waals surface area contributed by atoms with Crippen LogP contribution in [-0.4, -0.2) is 4.92 Å². The van der Waals surface area contributed by atoms with Crippen molar-refractivity contribution in [3.8, 4) is 0 Å². The second-order valence-corrected chi connectivity index (χ2v) is 4.50. The highest BCUT2D eigenvalue weighted by Crippen LogP contribution is 2.29. The van der Waals surface area contributed by atoms with Crippen molar-refractivity contribution in [2.45, 2.75) is 19.4 Å². The summed E-state index contributed by atoms with van der Waals surface area (Å²) in [6, 6.07) is 4.91. The van der Waals surface area contributed by atoms with E-state index in [1.807, 2.05) is 0 Å². The maximum atomic E-state index is 10.6. The highest BCUT2D eigenvalue weighted by Gasteiger charge is 2.19. The average molecular weight is 259 g/mol. The second-order valence-electron chi connectivity index (χ2n) is 3.64. The van der Waals surface area contributed by atoms with Crippen molar-refractivity contribution in [1.82, 2.24) is 0 Å². The number of nitrogens with zero attached hydrogens (tertiary/aromatic N) is 1. The standard InChI is InChI=1S/C9H11BrN2O2/c1-9(2,11)6-3-4-7(10)8(5-6)12(13)14/h3-5H,11H2,1-2H3. The number of nitro benzene ring substituents is 1. The summed E-state index contributed by atoms with van der Waals surface area (Å²) < 4.78 is 0.468. The zero-order valence-corrected chi connectivity index (χ0v) is 9.54. The third-order valence-corrected chi connectivity index (χ3v) is 2.56. The van der Waals surface area contributed by atoms with Crippen LogP contribution in [0.2, 0.25) is 0 Å². The van der Waals surface area contributed by atoms with Gasteiger partial charge >= 0.3 is 0 Å². The molecule has 0 atom stereocenters. The minimum absolute atomic E-state index is 0.0426. The van der Waals surface area contributed by atoms with E-state index in [1.165, 1.54) is 6.07 Å². The zero-order valence-electron chi connectivity index (χ0n) is 7.95. The van der Waals surface area contributed by atoms with Crippen LogP contribution < -0.4 is 5.73 Å². The molecular formula is C9H11BrN2O2. The predicted octanol–water partition coefficient (Wildman–Crippen LogP) is 2.55. The zero-order chi connectivity index (χ0) is 10.9. The molecule has 0 fully saturated rings. The van der Waals surface area contributed by atoms with Crippen LogP contribution in [0.4, 0.5) is 5.69 Å². The van der Waals surface area contributed by atoms with Gasteiger partial charge in [-0.15, -0.1) is 0 Å². The van der Waals surface area contributed by atoms with Gasteiger partial charge in [-0.3, -0.25) is 10.1 Å². The molecule has 4 nitrogen and oxygen atoms in total. The molecule has 1 aromatic carbocycles. The van der Waals surface area contributed by atoms with E-state index in [0.717, 1.165) is 5.56 Å². The Labute approximate surface area is 90.4 Å². The third-order valence-electron chi connectivity index (χ3n) is 1.89. The Hall–Kier alpha value is -0.940. The lowest BCUT2D eigenvalue weighted by molar-refractivity contribution is -0.385. The van der Waals surface area contributed by atoms with Crippen molar-refractivity contribution in [2.75, 3.05) is 0 Å². The van der Waals surface area contributed by atoms with E-state index in [0.29, 0.717) is 4.47 Å². The summed E-state index contributed by atoms with van der Waals surface area (Å²) in [5.74, 6) is 0. The summed E-state index contributed by atoms with van der Waals surface area (Å²) in [4.78, 5) is 10.2. The summed E-state index contributed by atoms with van der Waals surface area (Å²) in [6.07, 6.45) is 0. The first-order valence-corrected chi connectivity index (χ1v) is 4.85. The first kappa shape index (κ1) is 11.1. The Morgan fingerprint density at radius 3 is 2.50 bits per heavy atom. The maximum Gasteiger partial charge on any atom is 0.283 e. The Morgan fingerprint density at radius 1 is 1.50 bits per heavy atom. The van der Waals surface area contributed by atoms with Crippen LogP contribution in [0.1, 0.15) is 19.4 Å². The fraction of sp³-hybridized carbons (Fsp3) is 0.333. The average Bonchev–Trinajstić information content (AvgIpc) is 2.02. The summed E-state index contributed by atoms with van der Waals surface area (Å²) in [5, 5.41) is 10.6. The Balaban J connectivity index is 3.27. The first-order chi connectivity index (χ1) is 6.32. The van der Waals surface area contributed by atoms with Gasteiger partial charge in [0, 0.05) is 11.6 Å². The Bertz CT molecular complexity index is 372. The van der Waals surface area contributed by atoms with E-state index in [1.54, 1.807) is 26.0 Å². The SMILES string of the molecule is CC(C)(N)c1ccc(Br)c([N+](=O)[O-])c1. The lowest BCUT2D eigenvalue weighted by Crippen LogP contribution is -2.28. The molecule has 0 heterocycles. The minimum Gasteiger partial charge on any atom is -0.322 e. The molecule has 0 aromatic heterocycles. The summed E-state index contributed by atoms with van der Waals surface area (Å²) in [7, 11) is 0. The molecule has 0 saturated carbocycles. The molecule has 0 saturated heterocycles. The van der Waals surface area contributed by atoms with Gasteiger partial charge in [-0.2, -0.15) is 0 Å². The monoisotopic (exact) mass is 258 g/mol. The van der Waals surface area contributed by atoms with Crippen molar-refractivity contribution >= 4 is 21.6 Å². The lowest BCUT2D eigenvalue weighted by atomic mass is 9.95. The van der Waals surface area contributed by atoms with Crippen LogP contribution in [0, 0.1) is 10.1 Å². The van der Waals surface area contributed by atoms with Crippen LogP contribution in [0.5, 0.6) is 0 Å². The van der Waals surface area contributed by atoms with Gasteiger partial charge < -0.3 is 5.73 Å². The van der Waals surface area contributed by atoms with Gasteiger partial charge in [0.25, 0.3) is 5.69 Å². The maximum absolute atomic E-state index is 10.6. The molecular weight excluding hydrogens is 248 g/mol. The molecule has 1 rings (SSSR count). The highest BCUT2D eigenvalue weighted by atomic mass is 79.9. The highest BCUT2D eigenvalue weighted by molar-refractivity contribution is 9.10. The van der Waals surface area contributed by atoms with Gasteiger partial charge in [-0.05, 0) is 41.4 Å². The van der Waals surface area contributed by atoms with E-state index in [-0.39, 0.29) is 5.69 Å². The van der Waals surface area contributed by atoms with Crippen molar-refractivity contribution in [3.05, 3.63) is 38.3 Å². The largest absolute Gasteiger partial charge is 0.322 e. The number of nitrogens with two attached hydrogens (primary N) is 1. The van der Waals surface area contributed by atoms with Gasteiger partial charge in [0.05, 0.1) is 9.40 Å². The van der Waals surface area contributed by atoms with E-state index in [4.69, 9.17) is 5.73 Å². The fourth-order valence-electron chi connectivity index (χ4n) is 1.05. The van der Waals surface area contributed by atoms with E-state index >= 15 is 0 Å². The molecule has 0 aliphatic heterocycles. The molecule has 0 amide bonds. The molecule has 0 aliphatic rings. The second kappa shape index (κ2) is 3.67. The Morgan fingerprint density at radius 2 is 2.07 bits per heavy atom. The molecule has 76 valence electrons. The minimum atomic E-state index is -0.564. The number of hydrogen-bond donors (Lipinski definition) is 1. The summed E-state index contributed by atoms with van der Waals surface area (Å²) in [5.41, 5.74) is 6.06. The van der Waals surface area contributed by atoms with Crippen LogP contribution in [0.25, 0.3) is 0 Å². The number of nitro groups is 1. The molecule has 2 N–H and O–H groups in total. The van der Waals surface area contributed by atoms with Gasteiger partial charge in [0.1, 0.15) is 0 Å². The number of rotatable bonds is 2. The number of halogens is 1. The van der Waals surface area contributed by atoms with Crippen LogP contribution in [0.3, 0.4) is 0 Å². The fourth-order valence-corrected chi connectivity index (χ4v) is 1.44. The molecule has 14 heavy (non-hydrogen) atoms. The van der Waals surface area contributed by atoms with E-state index in [9.17, 15) is 10.1 Å². The van der Waals surface area contributed by atoms with Crippen LogP contribution >= 0.6 is 15.9 Å². The molecule has 0 unspecified atom stereocenters. The first-order valence-electron chi connectivity index (χ1n) is 4.05. The normalized spacial score (nSPS) is 11.4. The number of hydrogen-bond acceptors (Lipinski definition) is 3. The third kappa shape index (κ3) is 2.30. The molecule has 0 aliphatic carbocycles. The quantitative estimate of drug-likeness (QED) is 0.655. The van der Waals surface area contributed by atoms with Crippen molar-refractivity contribution in [3.63, 3.8) is 0 Å². The molecule has 1 aromatic rings. The molecule has 0 spiro atoms. The predicted molar refractivity (Wildman–Crippen MR) is 58.0 cm³/mol. The number of benzene rings is 1. The van der Waals surface area contributed by atoms with Crippen molar-refractivity contribution < 1.29 is 4.92 Å². The molecule has 0 radical (unpaired) electrons. The smallest absolute Gasteiger partial charge is 0.283 e. The topological polar surface area (TPSA) is 69.2 Å². The van der Waals surface area contributed by atoms with Gasteiger partial charge in [-0.25, -0.2) is 0 Å². The van der Waals surface area contributed by atoms with Crippen LogP contribution in [0.15, 0.2) is 22.7 Å². The van der Waals surface area contributed by atoms with Gasteiger partial charge in [0.2, 0.25) is 0 Å². The van der Waals surface area contributed by atoms with E-state index < -0.39 is 10.5 Å². The van der Waals surface area contributed by atoms with Crippen LogP contribution in [-0.2, 0) is 5.54 Å². The van der Waals surface area contributed by atoms with Gasteiger partial charge in [-0.1, -0.05) is 6.07 Å². The van der Waals surface area contributed by atoms with Crippen molar-refractivity contribution in [1.29, 1.82) is 0 Å². The lowest BCUT2D eigenvalue weighted by Gasteiger charge is -2.18. The Kier molecular flexibility index (Phi) is 2.92. The molecule has 5 heteroatoms. The summed E-state index contributed by atoms with van der Waals surface area (Å²) >= 11 is 3.12.